The van der Waals surface area contributed by atoms with Gasteiger partial charge in [-0.2, -0.15) is 0 Å². The van der Waals surface area contributed by atoms with Crippen LogP contribution in [0.4, 0.5) is 5.69 Å². The number of H-pyrrole nitrogens is 2. The summed E-state index contributed by atoms with van der Waals surface area (Å²) in [6.45, 7) is 1.98. The third-order valence-electron chi connectivity index (χ3n) is 3.85. The van der Waals surface area contributed by atoms with Gasteiger partial charge in [0.15, 0.2) is 5.76 Å². The second-order valence-electron chi connectivity index (χ2n) is 5.63. The van der Waals surface area contributed by atoms with Gasteiger partial charge in [-0.15, -0.1) is 0 Å². The fourth-order valence-electron chi connectivity index (χ4n) is 2.66. The topological polar surface area (TPSA) is 86.7 Å². The quantitative estimate of drug-likeness (QED) is 0.535. The number of benzene rings is 2. The van der Waals surface area contributed by atoms with Gasteiger partial charge in [-0.3, -0.25) is 0 Å². The molecule has 0 saturated heterocycles. The Bertz CT molecular complexity index is 1030. The van der Waals surface area contributed by atoms with Gasteiger partial charge in [0.1, 0.15) is 6.04 Å². The van der Waals surface area contributed by atoms with E-state index in [1.807, 2.05) is 55.5 Å². The van der Waals surface area contributed by atoms with Gasteiger partial charge < -0.3 is 19.7 Å². The summed E-state index contributed by atoms with van der Waals surface area (Å²) >= 11 is 0. The van der Waals surface area contributed by atoms with Gasteiger partial charge in [0.2, 0.25) is 5.89 Å². The van der Waals surface area contributed by atoms with Crippen LogP contribution in [0.5, 0.6) is 0 Å². The van der Waals surface area contributed by atoms with Crippen molar-refractivity contribution in [3.8, 4) is 11.3 Å². The lowest BCUT2D eigenvalue weighted by molar-refractivity contribution is 0.485. The summed E-state index contributed by atoms with van der Waals surface area (Å²) in [6, 6.07) is 15.4. The van der Waals surface area contributed by atoms with Crippen molar-refractivity contribution < 1.29 is 4.42 Å². The maximum atomic E-state index is 11.3. The highest BCUT2D eigenvalue weighted by Crippen LogP contribution is 2.25. The molecule has 0 aliphatic carbocycles. The number of hydrogen-bond acceptors (Lipinski definition) is 4. The number of imidazole rings is 1. The van der Waals surface area contributed by atoms with E-state index in [0.717, 1.165) is 28.0 Å². The standard InChI is InChI=1S/C18H16N4O2/c1-11(17-19-10-16(24-17)12-5-3-2-4-6-12)20-13-7-8-14-15(9-13)22-18(23)21-14/h2-11,20H,1H3,(H2,21,22,23)/t11-/m0/s1. The number of fused-ring (bicyclic) bond motifs is 1. The molecule has 2 aromatic heterocycles. The predicted octanol–water partition coefficient (Wildman–Crippen LogP) is 3.68. The molecule has 0 bridgehead atoms. The summed E-state index contributed by atoms with van der Waals surface area (Å²) in [5, 5.41) is 3.33. The van der Waals surface area contributed by atoms with Crippen molar-refractivity contribution in [2.24, 2.45) is 0 Å². The summed E-state index contributed by atoms with van der Waals surface area (Å²) in [5.41, 5.74) is 3.20. The van der Waals surface area contributed by atoms with Crippen molar-refractivity contribution in [1.29, 1.82) is 0 Å². The third kappa shape index (κ3) is 2.69. The van der Waals surface area contributed by atoms with Gasteiger partial charge >= 0.3 is 5.69 Å². The Morgan fingerprint density at radius 2 is 1.88 bits per heavy atom. The average molecular weight is 320 g/mol. The van der Waals surface area contributed by atoms with Crippen molar-refractivity contribution in [2.75, 3.05) is 5.32 Å². The number of aromatic nitrogens is 3. The van der Waals surface area contributed by atoms with E-state index in [9.17, 15) is 4.79 Å². The lowest BCUT2D eigenvalue weighted by Gasteiger charge is -2.11. The van der Waals surface area contributed by atoms with Crippen LogP contribution in [-0.2, 0) is 0 Å². The van der Waals surface area contributed by atoms with Crippen molar-refractivity contribution in [3.05, 3.63) is 71.1 Å². The molecular weight excluding hydrogens is 304 g/mol. The molecule has 0 fully saturated rings. The molecule has 1 atom stereocenters. The van der Waals surface area contributed by atoms with Crippen molar-refractivity contribution in [3.63, 3.8) is 0 Å². The highest BCUT2D eigenvalue weighted by molar-refractivity contribution is 5.78. The van der Waals surface area contributed by atoms with Crippen LogP contribution in [-0.4, -0.2) is 15.0 Å². The van der Waals surface area contributed by atoms with Crippen LogP contribution in [0, 0.1) is 0 Å². The number of nitrogens with zero attached hydrogens (tertiary/aromatic N) is 1. The van der Waals surface area contributed by atoms with Crippen LogP contribution >= 0.6 is 0 Å². The number of hydrogen-bond donors (Lipinski definition) is 3. The largest absolute Gasteiger partial charge is 0.438 e. The Labute approximate surface area is 137 Å². The van der Waals surface area contributed by atoms with Crippen molar-refractivity contribution >= 4 is 16.7 Å². The third-order valence-corrected chi connectivity index (χ3v) is 3.85. The van der Waals surface area contributed by atoms with Crippen LogP contribution in [0.1, 0.15) is 18.9 Å². The number of nitrogens with one attached hydrogen (secondary N) is 3. The maximum absolute atomic E-state index is 11.3. The second kappa shape index (κ2) is 5.73. The maximum Gasteiger partial charge on any atom is 0.323 e. The van der Waals surface area contributed by atoms with E-state index in [0.29, 0.717) is 5.89 Å². The molecule has 0 saturated carbocycles. The van der Waals surface area contributed by atoms with Crippen LogP contribution in [0.25, 0.3) is 22.4 Å². The average Bonchev–Trinajstić information content (AvgIpc) is 3.21. The Morgan fingerprint density at radius 1 is 1.08 bits per heavy atom. The van der Waals surface area contributed by atoms with E-state index in [1.165, 1.54) is 0 Å². The first-order valence-corrected chi connectivity index (χ1v) is 7.69. The zero-order valence-corrected chi connectivity index (χ0v) is 13.0. The Kier molecular flexibility index (Phi) is 3.42. The number of oxazole rings is 1. The lowest BCUT2D eigenvalue weighted by Crippen LogP contribution is -2.06. The van der Waals surface area contributed by atoms with Gasteiger partial charge in [0.05, 0.1) is 17.2 Å². The molecule has 2 aromatic carbocycles. The molecule has 4 aromatic rings. The zero-order chi connectivity index (χ0) is 16.5. The first kappa shape index (κ1) is 14.3. The van der Waals surface area contributed by atoms with Crippen molar-refractivity contribution in [1.82, 2.24) is 15.0 Å². The number of rotatable bonds is 4. The van der Waals surface area contributed by atoms with E-state index in [1.54, 1.807) is 6.20 Å². The number of aromatic amines is 2. The molecule has 0 amide bonds. The van der Waals surface area contributed by atoms with Gasteiger partial charge in [0, 0.05) is 11.3 Å². The lowest BCUT2D eigenvalue weighted by atomic mass is 10.2. The van der Waals surface area contributed by atoms with E-state index in [-0.39, 0.29) is 11.7 Å². The normalized spacial score (nSPS) is 12.4. The summed E-state index contributed by atoms with van der Waals surface area (Å²) < 4.78 is 5.86. The molecule has 4 rings (SSSR count). The summed E-state index contributed by atoms with van der Waals surface area (Å²) in [5.74, 6) is 1.35. The number of anilines is 1. The fourth-order valence-corrected chi connectivity index (χ4v) is 2.66. The monoisotopic (exact) mass is 320 g/mol. The van der Waals surface area contributed by atoms with Gasteiger partial charge in [-0.05, 0) is 25.1 Å². The van der Waals surface area contributed by atoms with E-state index >= 15 is 0 Å². The van der Waals surface area contributed by atoms with E-state index in [2.05, 4.69) is 20.3 Å². The van der Waals surface area contributed by atoms with Gasteiger partial charge in [0.25, 0.3) is 0 Å². The van der Waals surface area contributed by atoms with Gasteiger partial charge in [-0.25, -0.2) is 9.78 Å². The molecule has 0 aliphatic rings. The molecular formula is C18H16N4O2. The molecule has 24 heavy (non-hydrogen) atoms. The Balaban J connectivity index is 1.56. The predicted molar refractivity (Wildman–Crippen MR) is 92.9 cm³/mol. The molecule has 0 radical (unpaired) electrons. The summed E-state index contributed by atoms with van der Waals surface area (Å²) in [4.78, 5) is 21.2. The molecule has 6 nitrogen and oxygen atoms in total. The zero-order valence-electron chi connectivity index (χ0n) is 13.0. The minimum absolute atomic E-state index is 0.106. The van der Waals surface area contributed by atoms with Crippen LogP contribution < -0.4 is 11.0 Å². The van der Waals surface area contributed by atoms with Gasteiger partial charge in [-0.1, -0.05) is 30.3 Å². The highest BCUT2D eigenvalue weighted by atomic mass is 16.4. The molecule has 0 aliphatic heterocycles. The molecule has 2 heterocycles. The molecule has 120 valence electrons. The SMILES string of the molecule is C[C@H](Nc1ccc2[nH]c(=O)[nH]c2c1)c1ncc(-c2ccccc2)o1. The Hall–Kier alpha value is -3.28. The van der Waals surface area contributed by atoms with E-state index in [4.69, 9.17) is 4.42 Å². The fraction of sp³-hybridized carbons (Fsp3) is 0.111. The molecule has 3 N–H and O–H groups in total. The molecule has 6 heteroatoms. The first-order chi connectivity index (χ1) is 11.7. The minimum atomic E-state index is -0.213. The van der Waals surface area contributed by atoms with Crippen LogP contribution in [0.15, 0.2) is 63.9 Å². The van der Waals surface area contributed by atoms with E-state index < -0.39 is 0 Å². The smallest absolute Gasteiger partial charge is 0.323 e. The first-order valence-electron chi connectivity index (χ1n) is 7.69. The highest BCUT2D eigenvalue weighted by Gasteiger charge is 2.13. The minimum Gasteiger partial charge on any atom is -0.438 e. The Morgan fingerprint density at radius 3 is 2.71 bits per heavy atom. The van der Waals surface area contributed by atoms with Crippen LogP contribution in [0.2, 0.25) is 0 Å². The van der Waals surface area contributed by atoms with Crippen LogP contribution in [0.3, 0.4) is 0 Å². The second-order valence-corrected chi connectivity index (χ2v) is 5.63. The van der Waals surface area contributed by atoms with Crippen molar-refractivity contribution in [2.45, 2.75) is 13.0 Å². The summed E-state index contributed by atoms with van der Waals surface area (Å²) in [6.07, 6.45) is 1.73. The molecule has 0 spiro atoms. The summed E-state index contributed by atoms with van der Waals surface area (Å²) in [7, 11) is 0. The molecule has 0 unspecified atom stereocenters.